The van der Waals surface area contributed by atoms with Crippen LogP contribution in [0.4, 0.5) is 0 Å². The minimum atomic E-state index is -0.282. The van der Waals surface area contributed by atoms with Crippen molar-refractivity contribution < 1.29 is 0 Å². The molecule has 1 heterocycles. The van der Waals surface area contributed by atoms with Crippen LogP contribution in [0.15, 0.2) is 30.3 Å². The number of hydrogen-bond acceptors (Lipinski definition) is 2. The monoisotopic (exact) mass is 214 g/mol. The van der Waals surface area contributed by atoms with E-state index >= 15 is 0 Å². The van der Waals surface area contributed by atoms with Crippen molar-refractivity contribution in [2.45, 2.75) is 38.3 Å². The predicted octanol–water partition coefficient (Wildman–Crippen LogP) is 3.13. The fourth-order valence-corrected chi connectivity index (χ4v) is 2.64. The quantitative estimate of drug-likeness (QED) is 0.756. The van der Waals surface area contributed by atoms with E-state index in [1.807, 2.05) is 6.07 Å². The smallest absolute Gasteiger partial charge is 0.106 e. The molecule has 0 aliphatic carbocycles. The van der Waals surface area contributed by atoms with Gasteiger partial charge in [-0.25, -0.2) is 0 Å². The third kappa shape index (κ3) is 1.83. The summed E-state index contributed by atoms with van der Waals surface area (Å²) < 4.78 is 0. The molecule has 1 aromatic carbocycles. The van der Waals surface area contributed by atoms with E-state index in [0.717, 1.165) is 19.4 Å². The number of nitrogens with zero attached hydrogens (tertiary/aromatic N) is 2. The minimum absolute atomic E-state index is 0.282. The topological polar surface area (TPSA) is 27.0 Å². The van der Waals surface area contributed by atoms with Gasteiger partial charge in [-0.15, -0.1) is 0 Å². The summed E-state index contributed by atoms with van der Waals surface area (Å²) in [7, 11) is 0. The van der Waals surface area contributed by atoms with Crippen molar-refractivity contribution in [3.63, 3.8) is 0 Å². The number of nitriles is 1. The Morgan fingerprint density at radius 3 is 2.69 bits per heavy atom. The van der Waals surface area contributed by atoms with E-state index < -0.39 is 0 Å². The fraction of sp³-hybridized carbons (Fsp3) is 0.500. The SMILES string of the molecule is C[C@H](c1ccccc1)N1CCC[C@]1(C)C#N. The summed E-state index contributed by atoms with van der Waals surface area (Å²) in [6.07, 6.45) is 2.11. The number of likely N-dealkylation sites (tertiary alicyclic amines) is 1. The zero-order valence-electron chi connectivity index (χ0n) is 9.98. The van der Waals surface area contributed by atoms with E-state index in [1.54, 1.807) is 0 Å². The largest absolute Gasteiger partial charge is 0.279 e. The molecule has 0 spiro atoms. The summed E-state index contributed by atoms with van der Waals surface area (Å²) >= 11 is 0. The summed E-state index contributed by atoms with van der Waals surface area (Å²) in [5, 5.41) is 9.30. The molecule has 0 bridgehead atoms. The summed E-state index contributed by atoms with van der Waals surface area (Å²) in [4.78, 5) is 2.32. The van der Waals surface area contributed by atoms with Gasteiger partial charge in [-0.2, -0.15) is 5.26 Å². The Morgan fingerprint density at radius 2 is 2.06 bits per heavy atom. The minimum Gasteiger partial charge on any atom is -0.279 e. The van der Waals surface area contributed by atoms with Crippen LogP contribution in [-0.4, -0.2) is 17.0 Å². The molecule has 1 aliphatic rings. The summed E-state index contributed by atoms with van der Waals surface area (Å²) in [5.41, 5.74) is 1.01. The Balaban J connectivity index is 2.23. The van der Waals surface area contributed by atoms with Crippen LogP contribution < -0.4 is 0 Å². The molecule has 1 fully saturated rings. The zero-order valence-corrected chi connectivity index (χ0v) is 9.98. The van der Waals surface area contributed by atoms with Crippen LogP contribution in [0.3, 0.4) is 0 Å². The molecule has 1 aromatic rings. The maximum atomic E-state index is 9.30. The Bertz CT molecular complexity index is 393. The lowest BCUT2D eigenvalue weighted by Gasteiger charge is -2.34. The molecule has 2 nitrogen and oxygen atoms in total. The fourth-order valence-electron chi connectivity index (χ4n) is 2.64. The molecule has 0 N–H and O–H groups in total. The first kappa shape index (κ1) is 11.2. The maximum absolute atomic E-state index is 9.30. The highest BCUT2D eigenvalue weighted by atomic mass is 15.2. The Kier molecular flexibility index (Phi) is 2.98. The van der Waals surface area contributed by atoms with Gasteiger partial charge in [0.25, 0.3) is 0 Å². The van der Waals surface area contributed by atoms with Gasteiger partial charge in [-0.05, 0) is 32.3 Å². The molecule has 84 valence electrons. The highest BCUT2D eigenvalue weighted by Crippen LogP contribution is 2.35. The second-order valence-electron chi connectivity index (χ2n) is 4.77. The van der Waals surface area contributed by atoms with Crippen LogP contribution in [-0.2, 0) is 0 Å². The van der Waals surface area contributed by atoms with Crippen LogP contribution in [0.25, 0.3) is 0 Å². The third-order valence-electron chi connectivity index (χ3n) is 3.69. The summed E-state index contributed by atoms with van der Waals surface area (Å²) in [5.74, 6) is 0. The highest BCUT2D eigenvalue weighted by Gasteiger charge is 2.39. The lowest BCUT2D eigenvalue weighted by atomic mass is 9.97. The summed E-state index contributed by atoms with van der Waals surface area (Å²) in [6.45, 7) is 5.27. The van der Waals surface area contributed by atoms with Gasteiger partial charge in [0.15, 0.2) is 0 Å². The van der Waals surface area contributed by atoms with E-state index in [9.17, 15) is 5.26 Å². The molecule has 2 atom stereocenters. The molecular formula is C14H18N2. The second-order valence-corrected chi connectivity index (χ2v) is 4.77. The predicted molar refractivity (Wildman–Crippen MR) is 64.8 cm³/mol. The highest BCUT2D eigenvalue weighted by molar-refractivity contribution is 5.21. The van der Waals surface area contributed by atoms with E-state index in [-0.39, 0.29) is 5.54 Å². The van der Waals surface area contributed by atoms with Crippen molar-refractivity contribution in [1.29, 1.82) is 5.26 Å². The van der Waals surface area contributed by atoms with Gasteiger partial charge >= 0.3 is 0 Å². The molecule has 2 heteroatoms. The number of hydrogen-bond donors (Lipinski definition) is 0. The molecule has 1 saturated heterocycles. The van der Waals surface area contributed by atoms with Gasteiger partial charge in [-0.1, -0.05) is 30.3 Å². The van der Waals surface area contributed by atoms with Gasteiger partial charge in [0.05, 0.1) is 6.07 Å². The van der Waals surface area contributed by atoms with Gasteiger partial charge < -0.3 is 0 Å². The van der Waals surface area contributed by atoms with E-state index in [1.165, 1.54) is 5.56 Å². The van der Waals surface area contributed by atoms with Crippen molar-refractivity contribution >= 4 is 0 Å². The molecule has 2 rings (SSSR count). The Morgan fingerprint density at radius 1 is 1.38 bits per heavy atom. The van der Waals surface area contributed by atoms with Crippen LogP contribution in [0.5, 0.6) is 0 Å². The molecular weight excluding hydrogens is 196 g/mol. The van der Waals surface area contributed by atoms with Gasteiger partial charge in [0.2, 0.25) is 0 Å². The van der Waals surface area contributed by atoms with E-state index in [2.05, 4.69) is 49.1 Å². The molecule has 0 unspecified atom stereocenters. The molecule has 0 saturated carbocycles. The molecule has 0 aromatic heterocycles. The normalized spacial score (nSPS) is 27.6. The maximum Gasteiger partial charge on any atom is 0.106 e. The van der Waals surface area contributed by atoms with Crippen LogP contribution in [0.2, 0.25) is 0 Å². The van der Waals surface area contributed by atoms with Crippen LogP contribution in [0.1, 0.15) is 38.3 Å². The number of rotatable bonds is 2. The molecule has 0 amide bonds. The van der Waals surface area contributed by atoms with Crippen molar-refractivity contribution in [3.05, 3.63) is 35.9 Å². The van der Waals surface area contributed by atoms with Crippen molar-refractivity contribution in [3.8, 4) is 6.07 Å². The Labute approximate surface area is 97.5 Å². The van der Waals surface area contributed by atoms with Gasteiger partial charge in [-0.3, -0.25) is 4.90 Å². The zero-order chi connectivity index (χ0) is 11.6. The standard InChI is InChI=1S/C14H18N2/c1-12(13-7-4-3-5-8-13)16-10-6-9-14(16,2)11-15/h3-5,7-8,12H,6,9-10H2,1-2H3/t12-,14-/m1/s1. The average Bonchev–Trinajstić information content (AvgIpc) is 2.72. The van der Waals surface area contributed by atoms with Gasteiger partial charge in [0, 0.05) is 12.6 Å². The molecule has 0 radical (unpaired) electrons. The number of benzene rings is 1. The molecule has 1 aliphatic heterocycles. The van der Waals surface area contributed by atoms with Crippen molar-refractivity contribution in [2.75, 3.05) is 6.54 Å². The Hall–Kier alpha value is -1.33. The van der Waals surface area contributed by atoms with Crippen molar-refractivity contribution in [2.24, 2.45) is 0 Å². The van der Waals surface area contributed by atoms with E-state index in [0.29, 0.717) is 6.04 Å². The van der Waals surface area contributed by atoms with Gasteiger partial charge in [0.1, 0.15) is 5.54 Å². The first-order valence-corrected chi connectivity index (χ1v) is 5.90. The van der Waals surface area contributed by atoms with Crippen LogP contribution in [0, 0.1) is 11.3 Å². The summed E-state index contributed by atoms with van der Waals surface area (Å²) in [6, 6.07) is 13.2. The average molecular weight is 214 g/mol. The van der Waals surface area contributed by atoms with Crippen molar-refractivity contribution in [1.82, 2.24) is 4.90 Å². The lowest BCUT2D eigenvalue weighted by Crippen LogP contribution is -2.41. The first-order valence-electron chi connectivity index (χ1n) is 5.90. The van der Waals surface area contributed by atoms with E-state index in [4.69, 9.17) is 0 Å². The molecule has 16 heavy (non-hydrogen) atoms. The second kappa shape index (κ2) is 4.27. The third-order valence-corrected chi connectivity index (χ3v) is 3.69. The first-order chi connectivity index (χ1) is 7.67. The lowest BCUT2D eigenvalue weighted by molar-refractivity contribution is 0.154. The van der Waals surface area contributed by atoms with Crippen LogP contribution >= 0.6 is 0 Å².